The normalized spacial score (nSPS) is 24.9. The van der Waals surface area contributed by atoms with Gasteiger partial charge in [0.2, 0.25) is 16.0 Å². The number of fused-ring (bicyclic) bond motifs is 2. The number of sulfonamides is 1. The summed E-state index contributed by atoms with van der Waals surface area (Å²) < 4.78 is 46.3. The summed E-state index contributed by atoms with van der Waals surface area (Å²) in [6, 6.07) is 0.0176. The zero-order valence-electron chi connectivity index (χ0n) is 20.6. The molecule has 1 N–H and O–H groups in total. The van der Waals surface area contributed by atoms with E-state index in [4.69, 9.17) is 4.74 Å². The van der Waals surface area contributed by atoms with E-state index in [1.54, 1.807) is 4.31 Å². The minimum Gasteiger partial charge on any atom is -0.381 e. The molecule has 1 aliphatic carbocycles. The number of hydrogen-bond donors (Lipinski definition) is 1. The van der Waals surface area contributed by atoms with Crippen LogP contribution in [0, 0.1) is 18.2 Å². The Balaban J connectivity index is 1.32. The Morgan fingerprint density at radius 2 is 1.97 bits per heavy atom. The first-order valence-corrected chi connectivity index (χ1v) is 15.0. The average Bonchev–Trinajstić information content (AvgIpc) is 3.49. The van der Waals surface area contributed by atoms with Crippen LogP contribution in [0.25, 0.3) is 10.6 Å². The van der Waals surface area contributed by atoms with Crippen molar-refractivity contribution < 1.29 is 22.3 Å². The van der Waals surface area contributed by atoms with Gasteiger partial charge in [-0.05, 0) is 44.6 Å². The van der Waals surface area contributed by atoms with Crippen molar-refractivity contribution in [3.63, 3.8) is 0 Å². The summed E-state index contributed by atoms with van der Waals surface area (Å²) in [6.07, 6.45) is 6.37. The van der Waals surface area contributed by atoms with E-state index in [0.29, 0.717) is 49.1 Å². The number of rotatable bonds is 4. The number of nitrogens with one attached hydrogen (secondary N) is 1. The molecule has 2 saturated heterocycles. The Bertz CT molecular complexity index is 1350. The summed E-state index contributed by atoms with van der Waals surface area (Å²) in [4.78, 5) is 25.5. The first kappa shape index (κ1) is 24.2. The van der Waals surface area contributed by atoms with Crippen LogP contribution < -0.4 is 5.32 Å². The fraction of sp³-hybridized carbons (Fsp3) is 0.625. The summed E-state index contributed by atoms with van der Waals surface area (Å²) in [5.74, 6) is -0.237. The Morgan fingerprint density at radius 3 is 2.64 bits per heavy atom. The molecular weight excluding hydrogens is 505 g/mol. The van der Waals surface area contributed by atoms with Gasteiger partial charge in [0.15, 0.2) is 5.82 Å². The Labute approximate surface area is 214 Å². The van der Waals surface area contributed by atoms with E-state index in [0.717, 1.165) is 36.1 Å². The van der Waals surface area contributed by atoms with Gasteiger partial charge in [-0.1, -0.05) is 0 Å². The molecule has 194 valence electrons. The zero-order chi connectivity index (χ0) is 25.5. The number of amides is 1. The molecule has 2 spiro atoms. The molecule has 2 aromatic rings. The lowest BCUT2D eigenvalue weighted by Gasteiger charge is -2.39. The summed E-state index contributed by atoms with van der Waals surface area (Å²) in [5.41, 5.74) is 1.07. The summed E-state index contributed by atoms with van der Waals surface area (Å²) >= 11 is 1.45. The Hall–Kier alpha value is -2.15. The molecular formula is C24H30FN5O4S2. The highest BCUT2D eigenvalue weighted by atomic mass is 32.2. The van der Waals surface area contributed by atoms with Gasteiger partial charge in [-0.3, -0.25) is 4.79 Å². The fourth-order valence-corrected chi connectivity index (χ4v) is 8.66. The van der Waals surface area contributed by atoms with Gasteiger partial charge in [0.05, 0.1) is 28.4 Å². The van der Waals surface area contributed by atoms with Crippen molar-refractivity contribution in [2.24, 2.45) is 5.41 Å². The molecule has 4 aliphatic rings. The third kappa shape index (κ3) is 3.59. The van der Waals surface area contributed by atoms with E-state index in [1.807, 2.05) is 18.9 Å². The number of halogens is 1. The van der Waals surface area contributed by atoms with Crippen LogP contribution in [-0.4, -0.2) is 79.1 Å². The standard InChI is InChI=1S/C24H30FN5O4S2/c1-14-17-20(24(29(2)21(17)31)7-10-34-11-8-24)35-19(14)18-15(25)12-26-22(28-18)27-16-4-9-30(36(3,32)33)13-23(16)5-6-23/h12,16H,4-11,13H2,1-3H3,(H,26,27,28)/t16-/m1/s1. The van der Waals surface area contributed by atoms with Crippen molar-refractivity contribution in [1.82, 2.24) is 19.2 Å². The fourth-order valence-electron chi connectivity index (χ4n) is 6.16. The van der Waals surface area contributed by atoms with Crippen LogP contribution in [0.3, 0.4) is 0 Å². The van der Waals surface area contributed by atoms with Crippen LogP contribution in [-0.2, 0) is 20.3 Å². The number of ether oxygens (including phenoxy) is 1. The third-order valence-corrected chi connectivity index (χ3v) is 11.3. The Kier molecular flexibility index (Phi) is 5.50. The van der Waals surface area contributed by atoms with E-state index in [9.17, 15) is 13.2 Å². The van der Waals surface area contributed by atoms with Gasteiger partial charge in [0.25, 0.3) is 5.91 Å². The molecule has 1 atom stereocenters. The summed E-state index contributed by atoms with van der Waals surface area (Å²) in [5, 5.41) is 3.39. The lowest BCUT2D eigenvalue weighted by Crippen LogP contribution is -2.49. The molecule has 1 amide bonds. The maximum atomic E-state index is 15.1. The number of anilines is 1. The lowest BCUT2D eigenvalue weighted by atomic mass is 9.88. The maximum absolute atomic E-state index is 15.1. The van der Waals surface area contributed by atoms with Gasteiger partial charge >= 0.3 is 0 Å². The minimum absolute atomic E-state index is 0.0176. The largest absolute Gasteiger partial charge is 0.381 e. The zero-order valence-corrected chi connectivity index (χ0v) is 22.3. The number of hydrogen-bond acceptors (Lipinski definition) is 8. The van der Waals surface area contributed by atoms with Crippen LogP contribution >= 0.6 is 11.3 Å². The highest BCUT2D eigenvalue weighted by Crippen LogP contribution is 2.54. The predicted molar refractivity (Wildman–Crippen MR) is 134 cm³/mol. The van der Waals surface area contributed by atoms with Crippen molar-refractivity contribution in [2.75, 3.05) is 44.9 Å². The van der Waals surface area contributed by atoms with Crippen molar-refractivity contribution in [2.45, 2.75) is 50.6 Å². The summed E-state index contributed by atoms with van der Waals surface area (Å²) in [6.45, 7) is 3.95. The van der Waals surface area contributed by atoms with Gasteiger partial charge in [0, 0.05) is 49.7 Å². The first-order chi connectivity index (χ1) is 17.1. The number of carbonyl (C=O) groups excluding carboxylic acids is 1. The van der Waals surface area contributed by atoms with Gasteiger partial charge in [-0.15, -0.1) is 11.3 Å². The van der Waals surface area contributed by atoms with Gasteiger partial charge in [0.1, 0.15) is 5.69 Å². The predicted octanol–water partition coefficient (Wildman–Crippen LogP) is 2.97. The molecule has 3 fully saturated rings. The topological polar surface area (TPSA) is 105 Å². The van der Waals surface area contributed by atoms with E-state index in [2.05, 4.69) is 15.3 Å². The molecule has 36 heavy (non-hydrogen) atoms. The third-order valence-electron chi connectivity index (χ3n) is 8.57. The quantitative estimate of drug-likeness (QED) is 0.642. The number of aromatic nitrogens is 2. The monoisotopic (exact) mass is 535 g/mol. The maximum Gasteiger partial charge on any atom is 0.255 e. The highest BCUT2D eigenvalue weighted by Gasteiger charge is 2.54. The van der Waals surface area contributed by atoms with E-state index in [-0.39, 0.29) is 23.1 Å². The average molecular weight is 536 g/mol. The molecule has 0 unspecified atom stereocenters. The van der Waals surface area contributed by atoms with Crippen molar-refractivity contribution in [1.29, 1.82) is 0 Å². The van der Waals surface area contributed by atoms with Gasteiger partial charge in [-0.2, -0.15) is 0 Å². The van der Waals surface area contributed by atoms with Crippen molar-refractivity contribution >= 4 is 33.2 Å². The van der Waals surface area contributed by atoms with Crippen LogP contribution in [0.2, 0.25) is 0 Å². The number of piperidine rings is 1. The van der Waals surface area contributed by atoms with Crippen molar-refractivity contribution in [3.05, 3.63) is 28.0 Å². The van der Waals surface area contributed by atoms with E-state index < -0.39 is 21.4 Å². The molecule has 0 radical (unpaired) electrons. The molecule has 2 aromatic heterocycles. The molecule has 1 saturated carbocycles. The molecule has 0 aromatic carbocycles. The van der Waals surface area contributed by atoms with E-state index in [1.165, 1.54) is 23.8 Å². The van der Waals surface area contributed by atoms with Crippen LogP contribution in [0.4, 0.5) is 10.3 Å². The Morgan fingerprint density at radius 1 is 1.25 bits per heavy atom. The molecule has 12 heteroatoms. The number of nitrogens with zero attached hydrogens (tertiary/aromatic N) is 4. The van der Waals surface area contributed by atoms with Crippen molar-refractivity contribution in [3.8, 4) is 10.6 Å². The van der Waals surface area contributed by atoms with Crippen LogP contribution in [0.5, 0.6) is 0 Å². The SMILES string of the molecule is Cc1c(-c2nc(N[C@@H]3CCN(S(C)(=O)=O)CC34CC4)ncc2F)sc2c1C(=O)N(C)C21CCOCC1. The van der Waals surface area contributed by atoms with Gasteiger partial charge in [-0.25, -0.2) is 27.1 Å². The second kappa shape index (κ2) is 8.17. The summed E-state index contributed by atoms with van der Waals surface area (Å²) in [7, 11) is -1.40. The molecule has 9 nitrogen and oxygen atoms in total. The minimum atomic E-state index is -3.24. The van der Waals surface area contributed by atoms with E-state index >= 15 is 4.39 Å². The first-order valence-electron chi connectivity index (χ1n) is 12.3. The highest BCUT2D eigenvalue weighted by molar-refractivity contribution is 7.88. The lowest BCUT2D eigenvalue weighted by molar-refractivity contribution is -0.00470. The van der Waals surface area contributed by atoms with Gasteiger partial charge < -0.3 is 15.0 Å². The second-order valence-corrected chi connectivity index (χ2v) is 13.6. The molecule has 0 bridgehead atoms. The second-order valence-electron chi connectivity index (χ2n) is 10.6. The molecule has 6 rings (SSSR count). The smallest absolute Gasteiger partial charge is 0.255 e. The number of thiophene rings is 1. The molecule has 5 heterocycles. The number of carbonyl (C=O) groups is 1. The molecule has 3 aliphatic heterocycles. The van der Waals surface area contributed by atoms with Crippen LogP contribution in [0.1, 0.15) is 52.9 Å². The van der Waals surface area contributed by atoms with Crippen LogP contribution in [0.15, 0.2) is 6.20 Å².